The zero-order valence-corrected chi connectivity index (χ0v) is 8.72. The summed E-state index contributed by atoms with van der Waals surface area (Å²) in [6.45, 7) is 0.716. The fourth-order valence-electron chi connectivity index (χ4n) is 1.34. The van der Waals surface area contributed by atoms with Crippen LogP contribution < -0.4 is 5.73 Å². The highest BCUT2D eigenvalue weighted by Gasteiger charge is 2.32. The number of hydrogen-bond acceptors (Lipinski definition) is 3. The summed E-state index contributed by atoms with van der Waals surface area (Å²) in [7, 11) is 0. The van der Waals surface area contributed by atoms with E-state index in [-0.39, 0.29) is 0 Å². The molecule has 17 heavy (non-hydrogen) atoms. The molecule has 0 spiro atoms. The van der Waals surface area contributed by atoms with E-state index in [9.17, 15) is 13.2 Å². The fraction of sp³-hybridized carbons (Fsp3) is 0.333. The van der Waals surface area contributed by atoms with Gasteiger partial charge >= 0.3 is 6.18 Å². The summed E-state index contributed by atoms with van der Waals surface area (Å²) in [4.78, 5) is 0. The van der Waals surface area contributed by atoms with E-state index in [4.69, 9.17) is 5.73 Å². The summed E-state index contributed by atoms with van der Waals surface area (Å²) in [6.07, 6.45) is -0.928. The van der Waals surface area contributed by atoms with Crippen molar-refractivity contribution in [2.75, 3.05) is 5.73 Å². The van der Waals surface area contributed by atoms with Crippen LogP contribution in [0, 0.1) is 0 Å². The van der Waals surface area contributed by atoms with Crippen LogP contribution in [-0.2, 0) is 19.3 Å². The minimum atomic E-state index is -4.35. The third-order valence-electron chi connectivity index (χ3n) is 2.18. The van der Waals surface area contributed by atoms with Gasteiger partial charge < -0.3 is 5.73 Å². The lowest BCUT2D eigenvalue weighted by molar-refractivity contribution is -0.137. The molecular formula is C9H10F3N5. The third-order valence-corrected chi connectivity index (χ3v) is 2.18. The van der Waals surface area contributed by atoms with Gasteiger partial charge in [0.1, 0.15) is 5.82 Å². The van der Waals surface area contributed by atoms with Crippen molar-refractivity contribution in [3.63, 3.8) is 0 Å². The van der Waals surface area contributed by atoms with Gasteiger partial charge in [-0.2, -0.15) is 23.4 Å². The molecule has 0 saturated carbocycles. The van der Waals surface area contributed by atoms with E-state index in [1.807, 2.05) is 0 Å². The molecule has 2 heterocycles. The molecule has 2 rings (SSSR count). The molecule has 2 aromatic heterocycles. The zero-order valence-electron chi connectivity index (χ0n) is 8.72. The molecule has 0 atom stereocenters. The Balaban J connectivity index is 1.98. The number of hydrogen-bond donors (Lipinski definition) is 1. The molecule has 92 valence electrons. The van der Waals surface area contributed by atoms with Gasteiger partial charge in [-0.1, -0.05) is 0 Å². The second kappa shape index (κ2) is 4.11. The Kier molecular flexibility index (Phi) is 2.78. The number of nitrogens with zero attached hydrogens (tertiary/aromatic N) is 4. The van der Waals surface area contributed by atoms with Gasteiger partial charge in [0.15, 0.2) is 0 Å². The average molecular weight is 245 g/mol. The largest absolute Gasteiger partial charge is 0.419 e. The summed E-state index contributed by atoms with van der Waals surface area (Å²) in [6, 6.07) is 1.62. The summed E-state index contributed by atoms with van der Waals surface area (Å²) in [5.41, 5.74) is 4.65. The Morgan fingerprint density at radius 1 is 1.24 bits per heavy atom. The fourth-order valence-corrected chi connectivity index (χ4v) is 1.34. The molecule has 8 heteroatoms. The Bertz CT molecular complexity index is 499. The van der Waals surface area contributed by atoms with Crippen molar-refractivity contribution in [3.8, 4) is 0 Å². The molecule has 0 aliphatic carbocycles. The molecule has 5 nitrogen and oxygen atoms in total. The minimum absolute atomic E-state index is 0.303. The maximum absolute atomic E-state index is 12.3. The monoisotopic (exact) mass is 245 g/mol. The highest BCUT2D eigenvalue weighted by Crippen LogP contribution is 2.28. The standard InChI is InChI=1S/C9H10F3N5/c10-9(11,12)7-5-14-17(6-7)4-3-16-2-1-8(13)15-16/h1-2,5-6H,3-4H2,(H2,13,15). The van der Waals surface area contributed by atoms with Crippen molar-refractivity contribution in [2.45, 2.75) is 19.3 Å². The Morgan fingerprint density at radius 2 is 1.94 bits per heavy atom. The molecule has 0 fully saturated rings. The first kappa shape index (κ1) is 11.5. The van der Waals surface area contributed by atoms with Crippen molar-refractivity contribution in [3.05, 3.63) is 30.2 Å². The number of halogens is 3. The Labute approximate surface area is 94.6 Å². The lowest BCUT2D eigenvalue weighted by atomic mass is 10.4. The van der Waals surface area contributed by atoms with Crippen LogP contribution in [0.25, 0.3) is 0 Å². The second-order valence-electron chi connectivity index (χ2n) is 3.49. The Hall–Kier alpha value is -1.99. The van der Waals surface area contributed by atoms with Gasteiger partial charge in [-0.15, -0.1) is 0 Å². The molecule has 0 aliphatic rings. The van der Waals surface area contributed by atoms with Crippen LogP contribution in [0.3, 0.4) is 0 Å². The number of alkyl halides is 3. The van der Waals surface area contributed by atoms with Crippen LogP contribution in [0.2, 0.25) is 0 Å². The van der Waals surface area contributed by atoms with E-state index in [1.165, 1.54) is 4.68 Å². The first-order chi connectivity index (χ1) is 7.95. The smallest absolute Gasteiger partial charge is 0.382 e. The van der Waals surface area contributed by atoms with E-state index in [0.717, 1.165) is 12.4 Å². The third kappa shape index (κ3) is 2.77. The predicted molar refractivity (Wildman–Crippen MR) is 53.9 cm³/mol. The SMILES string of the molecule is Nc1ccn(CCn2cc(C(F)(F)F)cn2)n1. The van der Waals surface area contributed by atoms with Crippen LogP contribution in [0.5, 0.6) is 0 Å². The highest BCUT2D eigenvalue weighted by molar-refractivity contribution is 5.23. The van der Waals surface area contributed by atoms with Crippen molar-refractivity contribution in [1.82, 2.24) is 19.6 Å². The molecule has 2 aromatic rings. The molecule has 0 unspecified atom stereocenters. The van der Waals surface area contributed by atoms with E-state index < -0.39 is 11.7 Å². The van der Waals surface area contributed by atoms with Gasteiger partial charge in [-0.05, 0) is 6.07 Å². The average Bonchev–Trinajstić information content (AvgIpc) is 2.82. The van der Waals surface area contributed by atoms with Crippen molar-refractivity contribution < 1.29 is 13.2 Å². The van der Waals surface area contributed by atoms with E-state index >= 15 is 0 Å². The summed E-state index contributed by atoms with van der Waals surface area (Å²) in [5, 5.41) is 7.54. The second-order valence-corrected chi connectivity index (χ2v) is 3.49. The maximum atomic E-state index is 12.3. The minimum Gasteiger partial charge on any atom is -0.382 e. The van der Waals surface area contributed by atoms with E-state index in [2.05, 4.69) is 10.2 Å². The van der Waals surface area contributed by atoms with Crippen molar-refractivity contribution in [2.24, 2.45) is 0 Å². The van der Waals surface area contributed by atoms with Gasteiger partial charge in [0.25, 0.3) is 0 Å². The highest BCUT2D eigenvalue weighted by atomic mass is 19.4. The first-order valence-electron chi connectivity index (χ1n) is 4.84. The van der Waals surface area contributed by atoms with Crippen LogP contribution in [0.1, 0.15) is 5.56 Å². The molecule has 2 N–H and O–H groups in total. The van der Waals surface area contributed by atoms with Crippen LogP contribution in [-0.4, -0.2) is 19.6 Å². The van der Waals surface area contributed by atoms with Crippen molar-refractivity contribution in [1.29, 1.82) is 0 Å². The summed E-state index contributed by atoms with van der Waals surface area (Å²) >= 11 is 0. The van der Waals surface area contributed by atoms with Gasteiger partial charge in [0.05, 0.1) is 24.8 Å². The summed E-state index contributed by atoms with van der Waals surface area (Å²) in [5.74, 6) is 0.376. The normalized spacial score (nSPS) is 11.9. The van der Waals surface area contributed by atoms with Gasteiger partial charge in [-0.25, -0.2) is 0 Å². The van der Waals surface area contributed by atoms with Crippen LogP contribution in [0.4, 0.5) is 19.0 Å². The molecular weight excluding hydrogens is 235 g/mol. The quantitative estimate of drug-likeness (QED) is 0.888. The predicted octanol–water partition coefficient (Wildman–Crippen LogP) is 1.38. The number of aromatic nitrogens is 4. The number of anilines is 1. The summed E-state index contributed by atoms with van der Waals surface area (Å²) < 4.78 is 39.6. The maximum Gasteiger partial charge on any atom is 0.419 e. The van der Waals surface area contributed by atoms with Gasteiger partial charge in [0.2, 0.25) is 0 Å². The van der Waals surface area contributed by atoms with Crippen LogP contribution in [0.15, 0.2) is 24.7 Å². The Morgan fingerprint density at radius 3 is 2.47 bits per heavy atom. The lowest BCUT2D eigenvalue weighted by Gasteiger charge is -2.02. The molecule has 0 radical (unpaired) electrons. The molecule has 0 aromatic carbocycles. The van der Waals surface area contributed by atoms with E-state index in [0.29, 0.717) is 18.9 Å². The van der Waals surface area contributed by atoms with Crippen molar-refractivity contribution >= 4 is 5.82 Å². The molecule has 0 saturated heterocycles. The van der Waals surface area contributed by atoms with E-state index in [1.54, 1.807) is 16.9 Å². The lowest BCUT2D eigenvalue weighted by Crippen LogP contribution is -2.09. The molecule has 0 bridgehead atoms. The van der Waals surface area contributed by atoms with Gasteiger partial charge in [0, 0.05) is 12.4 Å². The topological polar surface area (TPSA) is 61.7 Å². The number of aryl methyl sites for hydroxylation is 2. The van der Waals surface area contributed by atoms with Gasteiger partial charge in [-0.3, -0.25) is 9.36 Å². The first-order valence-corrected chi connectivity index (χ1v) is 4.84. The number of rotatable bonds is 3. The number of nitrogen functional groups attached to an aromatic ring is 1. The molecule has 0 amide bonds. The van der Waals surface area contributed by atoms with Crippen LogP contribution >= 0.6 is 0 Å². The zero-order chi connectivity index (χ0) is 12.5. The number of nitrogens with two attached hydrogens (primary N) is 1. The molecule has 0 aliphatic heterocycles.